The first kappa shape index (κ1) is 16.8. The van der Waals surface area contributed by atoms with E-state index in [0.717, 1.165) is 5.56 Å². The van der Waals surface area contributed by atoms with Crippen LogP contribution in [0.2, 0.25) is 0 Å². The van der Waals surface area contributed by atoms with Crippen molar-refractivity contribution in [3.63, 3.8) is 0 Å². The molecule has 5 nitrogen and oxygen atoms in total. The standard InChI is InChI=1S/C15H17NO4S2/c1-11(17)12-4-3-5-14(8-12)22(18,19)16-9-15(20-2)13-6-7-21-10-13/h3-8,10,15-16H,9H2,1-2H3. The van der Waals surface area contributed by atoms with Gasteiger partial charge in [0.1, 0.15) is 0 Å². The number of carbonyl (C=O) groups excluding carboxylic acids is 1. The minimum atomic E-state index is -3.69. The highest BCUT2D eigenvalue weighted by molar-refractivity contribution is 7.89. The molecule has 0 aliphatic rings. The van der Waals surface area contributed by atoms with Crippen molar-refractivity contribution in [2.75, 3.05) is 13.7 Å². The smallest absolute Gasteiger partial charge is 0.240 e. The van der Waals surface area contributed by atoms with Crippen LogP contribution in [0, 0.1) is 0 Å². The fourth-order valence-corrected chi connectivity index (χ4v) is 3.73. The van der Waals surface area contributed by atoms with Crippen LogP contribution in [0.4, 0.5) is 0 Å². The van der Waals surface area contributed by atoms with E-state index in [-0.39, 0.29) is 23.3 Å². The zero-order valence-electron chi connectivity index (χ0n) is 12.3. The van der Waals surface area contributed by atoms with Gasteiger partial charge in [0.25, 0.3) is 0 Å². The number of hydrogen-bond acceptors (Lipinski definition) is 5. The summed E-state index contributed by atoms with van der Waals surface area (Å²) in [5.74, 6) is -0.176. The Labute approximate surface area is 134 Å². The maximum atomic E-state index is 12.3. The van der Waals surface area contributed by atoms with Crippen LogP contribution >= 0.6 is 11.3 Å². The molecule has 1 aromatic carbocycles. The van der Waals surface area contributed by atoms with Crippen molar-refractivity contribution in [1.29, 1.82) is 0 Å². The molecule has 0 saturated heterocycles. The van der Waals surface area contributed by atoms with E-state index in [2.05, 4.69) is 4.72 Å². The van der Waals surface area contributed by atoms with Crippen LogP contribution in [0.1, 0.15) is 28.9 Å². The van der Waals surface area contributed by atoms with Gasteiger partial charge in [-0.25, -0.2) is 13.1 Å². The fourth-order valence-electron chi connectivity index (χ4n) is 1.95. The molecule has 7 heteroatoms. The number of benzene rings is 1. The zero-order valence-corrected chi connectivity index (χ0v) is 13.9. The van der Waals surface area contributed by atoms with Crippen LogP contribution in [0.3, 0.4) is 0 Å². The highest BCUT2D eigenvalue weighted by Gasteiger charge is 2.19. The quantitative estimate of drug-likeness (QED) is 0.787. The van der Waals surface area contributed by atoms with Crippen molar-refractivity contribution in [2.24, 2.45) is 0 Å². The lowest BCUT2D eigenvalue weighted by atomic mass is 10.2. The van der Waals surface area contributed by atoms with E-state index in [1.807, 2.05) is 16.8 Å². The minimum Gasteiger partial charge on any atom is -0.375 e. The lowest BCUT2D eigenvalue weighted by molar-refractivity contribution is 0.101. The Hall–Kier alpha value is -1.54. The first-order chi connectivity index (χ1) is 10.4. The van der Waals surface area contributed by atoms with E-state index >= 15 is 0 Å². The third kappa shape index (κ3) is 4.01. The van der Waals surface area contributed by atoms with Crippen LogP contribution in [0.15, 0.2) is 46.0 Å². The molecule has 0 radical (unpaired) electrons. The molecule has 22 heavy (non-hydrogen) atoms. The summed E-state index contributed by atoms with van der Waals surface area (Å²) in [6.07, 6.45) is -0.350. The van der Waals surface area contributed by atoms with Crippen molar-refractivity contribution in [3.05, 3.63) is 52.2 Å². The van der Waals surface area contributed by atoms with Gasteiger partial charge in [0.15, 0.2) is 5.78 Å². The van der Waals surface area contributed by atoms with E-state index in [1.165, 1.54) is 37.5 Å². The first-order valence-electron chi connectivity index (χ1n) is 6.59. The van der Waals surface area contributed by atoms with Crippen LogP contribution in [-0.4, -0.2) is 27.9 Å². The molecule has 1 heterocycles. The number of methoxy groups -OCH3 is 1. The average Bonchev–Trinajstić information content (AvgIpc) is 3.02. The number of hydrogen-bond donors (Lipinski definition) is 1. The van der Waals surface area contributed by atoms with Gasteiger partial charge in [-0.05, 0) is 41.4 Å². The Bertz CT molecular complexity index is 739. The number of sulfonamides is 1. The predicted molar refractivity (Wildman–Crippen MR) is 85.7 cm³/mol. The third-order valence-electron chi connectivity index (χ3n) is 3.21. The SMILES string of the molecule is COC(CNS(=O)(=O)c1cccc(C(C)=O)c1)c1ccsc1. The Morgan fingerprint density at radius 2 is 2.14 bits per heavy atom. The molecule has 0 aliphatic heterocycles. The highest BCUT2D eigenvalue weighted by atomic mass is 32.2. The summed E-state index contributed by atoms with van der Waals surface area (Å²) in [6.45, 7) is 1.52. The van der Waals surface area contributed by atoms with E-state index < -0.39 is 10.0 Å². The highest BCUT2D eigenvalue weighted by Crippen LogP contribution is 2.20. The van der Waals surface area contributed by atoms with Crippen LogP contribution < -0.4 is 4.72 Å². The molecule has 1 atom stereocenters. The van der Waals surface area contributed by atoms with Crippen LogP contribution in [-0.2, 0) is 14.8 Å². The lowest BCUT2D eigenvalue weighted by Crippen LogP contribution is -2.29. The molecule has 2 aromatic rings. The van der Waals surface area contributed by atoms with Crippen LogP contribution in [0.5, 0.6) is 0 Å². The maximum absolute atomic E-state index is 12.3. The van der Waals surface area contributed by atoms with Crippen molar-refractivity contribution in [1.82, 2.24) is 4.72 Å². The molecule has 0 fully saturated rings. The minimum absolute atomic E-state index is 0.0698. The van der Waals surface area contributed by atoms with Crippen LogP contribution in [0.25, 0.3) is 0 Å². The molecule has 2 rings (SSSR count). The van der Waals surface area contributed by atoms with Gasteiger partial charge in [0.05, 0.1) is 11.0 Å². The monoisotopic (exact) mass is 339 g/mol. The number of ether oxygens (including phenoxy) is 1. The summed E-state index contributed by atoms with van der Waals surface area (Å²) in [5.41, 5.74) is 1.29. The number of rotatable bonds is 7. The van der Waals surface area contributed by atoms with Crippen molar-refractivity contribution in [3.8, 4) is 0 Å². The Morgan fingerprint density at radius 1 is 1.36 bits per heavy atom. The molecule has 0 amide bonds. The number of thiophene rings is 1. The number of carbonyl (C=O) groups is 1. The van der Waals surface area contributed by atoms with Gasteiger partial charge in [-0.3, -0.25) is 4.79 Å². The van der Waals surface area contributed by atoms with Crippen molar-refractivity contribution >= 4 is 27.1 Å². The van der Waals surface area contributed by atoms with Crippen molar-refractivity contribution < 1.29 is 17.9 Å². The molecular formula is C15H17NO4S2. The average molecular weight is 339 g/mol. The molecule has 0 bridgehead atoms. The summed E-state index contributed by atoms with van der Waals surface area (Å²) < 4.78 is 32.5. The fraction of sp³-hybridized carbons (Fsp3) is 0.267. The summed E-state index contributed by atoms with van der Waals surface area (Å²) in [7, 11) is -2.16. The summed E-state index contributed by atoms with van der Waals surface area (Å²) >= 11 is 1.52. The van der Waals surface area contributed by atoms with Gasteiger partial charge in [-0.1, -0.05) is 12.1 Å². The number of nitrogens with one attached hydrogen (secondary N) is 1. The maximum Gasteiger partial charge on any atom is 0.240 e. The van der Waals surface area contributed by atoms with E-state index in [0.29, 0.717) is 5.56 Å². The van der Waals surface area contributed by atoms with E-state index in [9.17, 15) is 13.2 Å². The summed E-state index contributed by atoms with van der Waals surface area (Å²) in [5, 5.41) is 3.82. The van der Waals surface area contributed by atoms with Gasteiger partial charge in [-0.15, -0.1) is 0 Å². The number of Topliss-reactive ketones (excluding diaryl/α,β-unsaturated/α-hetero) is 1. The molecule has 1 unspecified atom stereocenters. The Morgan fingerprint density at radius 3 is 2.73 bits per heavy atom. The zero-order chi connectivity index (χ0) is 16.2. The number of ketones is 1. The van der Waals surface area contributed by atoms with Gasteiger partial charge in [-0.2, -0.15) is 11.3 Å². The summed E-state index contributed by atoms with van der Waals surface area (Å²) in [4.78, 5) is 11.4. The van der Waals surface area contributed by atoms with Gasteiger partial charge in [0.2, 0.25) is 10.0 Å². The predicted octanol–water partition coefficient (Wildman–Crippen LogP) is 2.62. The van der Waals surface area contributed by atoms with Gasteiger partial charge in [0, 0.05) is 19.2 Å². The molecule has 0 aliphatic carbocycles. The normalized spacial score (nSPS) is 13.0. The molecule has 1 N–H and O–H groups in total. The van der Waals surface area contributed by atoms with E-state index in [1.54, 1.807) is 12.1 Å². The second kappa shape index (κ2) is 7.15. The second-order valence-corrected chi connectivity index (χ2v) is 7.26. The third-order valence-corrected chi connectivity index (χ3v) is 5.33. The van der Waals surface area contributed by atoms with Crippen molar-refractivity contribution in [2.45, 2.75) is 17.9 Å². The molecule has 1 aromatic heterocycles. The van der Waals surface area contributed by atoms with E-state index in [4.69, 9.17) is 4.74 Å². The Kier molecular flexibility index (Phi) is 5.47. The Balaban J connectivity index is 2.14. The lowest BCUT2D eigenvalue weighted by Gasteiger charge is -2.15. The largest absolute Gasteiger partial charge is 0.375 e. The molecular weight excluding hydrogens is 322 g/mol. The molecule has 0 saturated carbocycles. The second-order valence-electron chi connectivity index (χ2n) is 4.72. The molecule has 0 spiro atoms. The topological polar surface area (TPSA) is 72.5 Å². The first-order valence-corrected chi connectivity index (χ1v) is 9.02. The molecule has 118 valence electrons. The summed E-state index contributed by atoms with van der Waals surface area (Å²) in [6, 6.07) is 7.87. The van der Waals surface area contributed by atoms with Gasteiger partial charge < -0.3 is 4.74 Å². The van der Waals surface area contributed by atoms with Gasteiger partial charge >= 0.3 is 0 Å².